The van der Waals surface area contributed by atoms with Crippen molar-refractivity contribution in [2.45, 2.75) is 51.7 Å². The highest BCUT2D eigenvalue weighted by Crippen LogP contribution is 2.42. The minimum Gasteiger partial charge on any atom is -0.380 e. The lowest BCUT2D eigenvalue weighted by molar-refractivity contribution is -0.141. The van der Waals surface area contributed by atoms with E-state index in [0.29, 0.717) is 17.9 Å². The predicted molar refractivity (Wildman–Crippen MR) is 113 cm³/mol. The Morgan fingerprint density at radius 2 is 2.06 bits per heavy atom. The monoisotopic (exact) mass is 449 g/mol. The molecule has 1 aromatic heterocycles. The predicted octanol–water partition coefficient (Wildman–Crippen LogP) is 3.31. The summed E-state index contributed by atoms with van der Waals surface area (Å²) < 4.78 is 42.3. The molecule has 0 bridgehead atoms. The highest BCUT2D eigenvalue weighted by molar-refractivity contribution is 6.00. The summed E-state index contributed by atoms with van der Waals surface area (Å²) in [5, 5.41) is 10.4. The van der Waals surface area contributed by atoms with Crippen LogP contribution in [0.5, 0.6) is 0 Å². The summed E-state index contributed by atoms with van der Waals surface area (Å²) in [6.07, 6.45) is -2.62. The van der Waals surface area contributed by atoms with Crippen molar-refractivity contribution in [2.75, 3.05) is 18.4 Å². The van der Waals surface area contributed by atoms with Crippen molar-refractivity contribution in [3.8, 4) is 5.69 Å². The maximum atomic E-state index is 13.7. The molecule has 2 heterocycles. The first-order valence-electron chi connectivity index (χ1n) is 10.6. The number of ketones is 1. The van der Waals surface area contributed by atoms with Gasteiger partial charge in [-0.05, 0) is 49.4 Å². The van der Waals surface area contributed by atoms with E-state index in [2.05, 4.69) is 15.7 Å². The van der Waals surface area contributed by atoms with E-state index < -0.39 is 29.0 Å². The Labute approximate surface area is 183 Å². The van der Waals surface area contributed by atoms with Gasteiger partial charge in [-0.15, -0.1) is 0 Å². The number of alkyl halides is 3. The minimum absolute atomic E-state index is 0.0247. The molecule has 4 N–H and O–H groups in total. The van der Waals surface area contributed by atoms with Crippen molar-refractivity contribution in [2.24, 2.45) is 11.1 Å². The summed E-state index contributed by atoms with van der Waals surface area (Å²) in [5.74, 6) is -1.20. The van der Waals surface area contributed by atoms with Crippen LogP contribution >= 0.6 is 0 Å². The summed E-state index contributed by atoms with van der Waals surface area (Å²) in [5.41, 5.74) is 4.74. The van der Waals surface area contributed by atoms with Gasteiger partial charge in [-0.25, -0.2) is 4.68 Å². The topological polar surface area (TPSA) is 102 Å². The number of nitrogens with zero attached hydrogens (tertiary/aromatic N) is 2. The van der Waals surface area contributed by atoms with Crippen LogP contribution in [0.1, 0.15) is 65.2 Å². The van der Waals surface area contributed by atoms with Gasteiger partial charge in [0, 0.05) is 24.7 Å². The number of hydrogen-bond donors (Lipinski definition) is 3. The Kier molecular flexibility index (Phi) is 5.52. The number of carbonyl (C=O) groups is 2. The van der Waals surface area contributed by atoms with Gasteiger partial charge in [0.15, 0.2) is 11.5 Å². The molecule has 4 rings (SSSR count). The maximum Gasteiger partial charge on any atom is 0.435 e. The second kappa shape index (κ2) is 7.91. The summed E-state index contributed by atoms with van der Waals surface area (Å²) in [4.78, 5) is 24.6. The minimum atomic E-state index is -4.76. The Bertz CT molecular complexity index is 1070. The molecule has 172 valence electrons. The second-order valence-electron chi connectivity index (χ2n) is 9.30. The molecule has 1 aromatic carbocycles. The SMILES string of the molecule is CC1(C)CC(=O)c2c(C(F)(F)F)nn(-c3ccc(C(N)=O)c(N[C@H]4CCCNC4)c3)c2C1. The fraction of sp³-hybridized carbons (Fsp3) is 0.500. The molecule has 0 saturated carbocycles. The fourth-order valence-corrected chi connectivity index (χ4v) is 4.55. The van der Waals surface area contributed by atoms with Gasteiger partial charge in [0.1, 0.15) is 0 Å². The number of primary amides is 1. The molecule has 0 spiro atoms. The van der Waals surface area contributed by atoms with Gasteiger partial charge in [-0.2, -0.15) is 18.3 Å². The number of aromatic nitrogens is 2. The van der Waals surface area contributed by atoms with Gasteiger partial charge >= 0.3 is 6.18 Å². The molecule has 32 heavy (non-hydrogen) atoms. The number of halogens is 3. The summed E-state index contributed by atoms with van der Waals surface area (Å²) in [6, 6.07) is 4.61. The van der Waals surface area contributed by atoms with E-state index in [1.807, 2.05) is 13.8 Å². The number of piperidine rings is 1. The number of nitrogens with two attached hydrogens (primary N) is 1. The van der Waals surface area contributed by atoms with Crippen molar-refractivity contribution in [1.29, 1.82) is 0 Å². The third kappa shape index (κ3) is 4.23. The molecule has 1 aliphatic heterocycles. The molecule has 2 aromatic rings. The van der Waals surface area contributed by atoms with E-state index in [4.69, 9.17) is 5.73 Å². The third-order valence-corrected chi connectivity index (χ3v) is 5.98. The van der Waals surface area contributed by atoms with Crippen LogP contribution in [0.3, 0.4) is 0 Å². The number of nitrogens with one attached hydrogen (secondary N) is 2. The Balaban J connectivity index is 1.83. The van der Waals surface area contributed by atoms with Gasteiger partial charge in [0.25, 0.3) is 5.91 Å². The smallest absolute Gasteiger partial charge is 0.380 e. The van der Waals surface area contributed by atoms with Gasteiger partial charge < -0.3 is 16.4 Å². The van der Waals surface area contributed by atoms with Gasteiger partial charge in [0.2, 0.25) is 0 Å². The molecule has 1 fully saturated rings. The van der Waals surface area contributed by atoms with Crippen LogP contribution in [0.15, 0.2) is 18.2 Å². The summed E-state index contributed by atoms with van der Waals surface area (Å²) in [7, 11) is 0. The Morgan fingerprint density at radius 3 is 2.69 bits per heavy atom. The molecule has 0 unspecified atom stereocenters. The lowest BCUT2D eigenvalue weighted by Gasteiger charge is -2.29. The number of amides is 1. The highest BCUT2D eigenvalue weighted by atomic mass is 19.4. The zero-order valence-corrected chi connectivity index (χ0v) is 18.0. The quantitative estimate of drug-likeness (QED) is 0.665. The molecule has 1 saturated heterocycles. The summed E-state index contributed by atoms with van der Waals surface area (Å²) >= 11 is 0. The Hall–Kier alpha value is -2.88. The number of fused-ring (bicyclic) bond motifs is 1. The van der Waals surface area contributed by atoms with E-state index in [-0.39, 0.29) is 35.7 Å². The molecule has 2 aliphatic rings. The molecular formula is C22H26F3N5O2. The van der Waals surface area contributed by atoms with Gasteiger partial charge in [-0.3, -0.25) is 9.59 Å². The first kappa shape index (κ1) is 22.3. The number of rotatable bonds is 4. The summed E-state index contributed by atoms with van der Waals surface area (Å²) in [6.45, 7) is 5.29. The number of hydrogen-bond acceptors (Lipinski definition) is 5. The molecule has 0 radical (unpaired) electrons. The maximum absolute atomic E-state index is 13.7. The molecule has 10 heteroatoms. The van der Waals surface area contributed by atoms with Crippen LogP contribution in [0.4, 0.5) is 18.9 Å². The zero-order valence-electron chi connectivity index (χ0n) is 18.0. The van der Waals surface area contributed by atoms with Crippen molar-refractivity contribution in [3.05, 3.63) is 40.7 Å². The lowest BCUT2D eigenvalue weighted by Crippen LogP contribution is -2.38. The van der Waals surface area contributed by atoms with Crippen molar-refractivity contribution in [3.63, 3.8) is 0 Å². The normalized spacial score (nSPS) is 20.7. The molecule has 1 aliphatic carbocycles. The van der Waals surface area contributed by atoms with Crippen LogP contribution in [0.25, 0.3) is 5.69 Å². The van der Waals surface area contributed by atoms with Crippen LogP contribution in [0, 0.1) is 5.41 Å². The van der Waals surface area contributed by atoms with Crippen LogP contribution in [-0.4, -0.2) is 40.6 Å². The average Bonchev–Trinajstić information content (AvgIpc) is 3.07. The third-order valence-electron chi connectivity index (χ3n) is 5.98. The highest BCUT2D eigenvalue weighted by Gasteiger charge is 2.45. The first-order chi connectivity index (χ1) is 15.0. The molecule has 7 nitrogen and oxygen atoms in total. The largest absolute Gasteiger partial charge is 0.435 e. The van der Waals surface area contributed by atoms with Crippen molar-refractivity contribution in [1.82, 2.24) is 15.1 Å². The van der Waals surface area contributed by atoms with E-state index >= 15 is 0 Å². The fourth-order valence-electron chi connectivity index (χ4n) is 4.55. The van der Waals surface area contributed by atoms with E-state index in [9.17, 15) is 22.8 Å². The average molecular weight is 449 g/mol. The number of Topliss-reactive ketones (excluding diaryl/α,β-unsaturated/α-hetero) is 1. The van der Waals surface area contributed by atoms with E-state index in [0.717, 1.165) is 19.4 Å². The van der Waals surface area contributed by atoms with Gasteiger partial charge in [0.05, 0.1) is 22.5 Å². The van der Waals surface area contributed by atoms with E-state index in [1.54, 1.807) is 6.07 Å². The van der Waals surface area contributed by atoms with Crippen LogP contribution in [-0.2, 0) is 12.6 Å². The van der Waals surface area contributed by atoms with Crippen LogP contribution in [0.2, 0.25) is 0 Å². The van der Waals surface area contributed by atoms with Gasteiger partial charge in [-0.1, -0.05) is 13.8 Å². The lowest BCUT2D eigenvalue weighted by atomic mass is 9.75. The van der Waals surface area contributed by atoms with E-state index in [1.165, 1.54) is 16.8 Å². The molecule has 1 atom stereocenters. The van der Waals surface area contributed by atoms with Crippen molar-refractivity contribution >= 4 is 17.4 Å². The Morgan fingerprint density at radius 1 is 1.31 bits per heavy atom. The first-order valence-corrected chi connectivity index (χ1v) is 10.6. The number of benzene rings is 1. The standard InChI is InChI=1S/C22H26F3N5O2/c1-21(2)9-16-18(17(31)10-21)19(22(23,24)25)29-30(16)13-5-6-14(20(26)32)15(8-13)28-12-4-3-7-27-11-12/h5-6,8,12,27-28H,3-4,7,9-11H2,1-2H3,(H2,26,32)/t12-/m0/s1. The number of anilines is 1. The number of carbonyl (C=O) groups excluding carboxylic acids is 2. The molecular weight excluding hydrogens is 423 g/mol. The molecule has 1 amide bonds. The zero-order chi connectivity index (χ0) is 23.3. The van der Waals surface area contributed by atoms with Crippen LogP contribution < -0.4 is 16.4 Å². The second-order valence-corrected chi connectivity index (χ2v) is 9.30. The van der Waals surface area contributed by atoms with Crippen molar-refractivity contribution < 1.29 is 22.8 Å².